The van der Waals surface area contributed by atoms with E-state index in [0.717, 1.165) is 32.1 Å². The van der Waals surface area contributed by atoms with E-state index in [4.69, 9.17) is 0 Å². The average Bonchev–Trinajstić information content (AvgIpc) is 2.70. The third-order valence-electron chi connectivity index (χ3n) is 6.02. The van der Waals surface area contributed by atoms with Crippen LogP contribution in [0.25, 0.3) is 0 Å². The molecule has 0 rings (SSSR count). The van der Waals surface area contributed by atoms with Crippen molar-refractivity contribution in [3.63, 3.8) is 0 Å². The second-order valence-electron chi connectivity index (χ2n) is 10.7. The number of aliphatic hydroxyl groups is 1. The average molecular weight is 489 g/mol. The molecule has 0 radical (unpaired) electrons. The Balaban J connectivity index is 3.66. The molecule has 0 aliphatic carbocycles. The highest BCUT2D eigenvalue weighted by atomic mass is 31.2. The molecule has 0 saturated heterocycles. The van der Waals surface area contributed by atoms with Crippen molar-refractivity contribution in [1.29, 1.82) is 0 Å². The predicted octanol–water partition coefficient (Wildman–Crippen LogP) is 7.32. The van der Waals surface area contributed by atoms with E-state index in [1.807, 2.05) is 21.1 Å². The van der Waals surface area contributed by atoms with Crippen LogP contribution >= 0.6 is 7.60 Å². The van der Waals surface area contributed by atoms with Crippen LogP contribution in [-0.2, 0) is 4.57 Å². The quantitative estimate of drug-likeness (QED) is 0.0645. The smallest absolute Gasteiger partial charge is 0.362 e. The number of nitrogens with zero attached hydrogens (tertiary/aromatic N) is 1. The zero-order chi connectivity index (χ0) is 25.1. The van der Waals surface area contributed by atoms with E-state index in [1.54, 1.807) is 0 Å². The third-order valence-corrected chi connectivity index (χ3v) is 7.47. The Kier molecular flexibility index (Phi) is 18.6. The molecule has 0 fully saturated rings. The van der Waals surface area contributed by atoms with E-state index in [9.17, 15) is 19.5 Å². The van der Waals surface area contributed by atoms with Crippen LogP contribution in [0.5, 0.6) is 0 Å². The first-order chi connectivity index (χ1) is 15.5. The zero-order valence-electron chi connectivity index (χ0n) is 22.2. The van der Waals surface area contributed by atoms with Crippen LogP contribution in [0.3, 0.4) is 0 Å². The van der Waals surface area contributed by atoms with Crippen molar-refractivity contribution in [2.45, 2.75) is 121 Å². The highest BCUT2D eigenvalue weighted by Gasteiger charge is 2.48. The van der Waals surface area contributed by atoms with Crippen LogP contribution in [0, 0.1) is 0 Å². The van der Waals surface area contributed by atoms with E-state index in [-0.39, 0.29) is 13.0 Å². The van der Waals surface area contributed by atoms with Gasteiger partial charge in [0.1, 0.15) is 6.54 Å². The monoisotopic (exact) mass is 488 g/mol. The summed E-state index contributed by atoms with van der Waals surface area (Å²) in [5.74, 6) is 0. The van der Waals surface area contributed by atoms with Gasteiger partial charge in [0.2, 0.25) is 5.34 Å². The normalized spacial score (nSPS) is 15.0. The summed E-state index contributed by atoms with van der Waals surface area (Å²) in [4.78, 5) is 19.2. The summed E-state index contributed by atoms with van der Waals surface area (Å²) in [6.45, 7) is 2.31. The lowest BCUT2D eigenvalue weighted by atomic mass is 10.1. The predicted molar refractivity (Wildman–Crippen MR) is 142 cm³/mol. The molecular weight excluding hydrogens is 433 g/mol. The number of quaternary nitrogens is 1. The highest BCUT2D eigenvalue weighted by Crippen LogP contribution is 2.52. The minimum Gasteiger partial charge on any atom is -0.373 e. The van der Waals surface area contributed by atoms with Gasteiger partial charge >= 0.3 is 7.60 Å². The summed E-state index contributed by atoms with van der Waals surface area (Å²) >= 11 is 0. The van der Waals surface area contributed by atoms with Gasteiger partial charge in [-0.2, -0.15) is 0 Å². The first-order valence-electron chi connectivity index (χ1n) is 13.4. The molecular formula is C27H55NO4P+. The Morgan fingerprint density at radius 2 is 1.03 bits per heavy atom. The van der Waals surface area contributed by atoms with E-state index in [2.05, 4.69) is 31.2 Å². The van der Waals surface area contributed by atoms with Gasteiger partial charge in [0.25, 0.3) is 0 Å². The molecule has 0 aromatic carbocycles. The van der Waals surface area contributed by atoms with Gasteiger partial charge in [-0.3, -0.25) is 4.57 Å². The lowest BCUT2D eigenvalue weighted by molar-refractivity contribution is -0.875. The summed E-state index contributed by atoms with van der Waals surface area (Å²) in [6.07, 6.45) is 28.4. The number of hydrogen-bond donors (Lipinski definition) is 3. The van der Waals surface area contributed by atoms with E-state index >= 15 is 0 Å². The van der Waals surface area contributed by atoms with Gasteiger partial charge in [-0.15, -0.1) is 0 Å². The minimum atomic E-state index is -4.55. The Labute approximate surface area is 205 Å². The molecule has 0 aliphatic rings. The summed E-state index contributed by atoms with van der Waals surface area (Å²) in [5, 5.41) is 8.62. The number of unbranched alkanes of at least 4 members (excludes halogenated alkanes) is 13. The maximum absolute atomic E-state index is 11.8. The number of hydrogen-bond acceptors (Lipinski definition) is 2. The van der Waals surface area contributed by atoms with Gasteiger partial charge in [0.15, 0.2) is 0 Å². The van der Waals surface area contributed by atoms with E-state index in [0.29, 0.717) is 10.9 Å². The lowest BCUT2D eigenvalue weighted by Gasteiger charge is -2.35. The van der Waals surface area contributed by atoms with Crippen LogP contribution in [-0.4, -0.2) is 52.4 Å². The van der Waals surface area contributed by atoms with Gasteiger partial charge in [-0.1, -0.05) is 76.2 Å². The molecule has 0 amide bonds. The van der Waals surface area contributed by atoms with Gasteiger partial charge in [0, 0.05) is 0 Å². The molecule has 3 N–H and O–H groups in total. The molecule has 0 aromatic rings. The van der Waals surface area contributed by atoms with Crippen LogP contribution < -0.4 is 0 Å². The summed E-state index contributed by atoms with van der Waals surface area (Å²) in [5.41, 5.74) is 0. The van der Waals surface area contributed by atoms with Crippen molar-refractivity contribution in [3.8, 4) is 0 Å². The fourth-order valence-electron chi connectivity index (χ4n) is 4.14. The standard InChI is InChI=1S/C27H54NO4P/c1-5-6-7-8-9-10-11-12-13-14-15-16-17-18-19-20-21-22-23-24-25-27(29,33(30,31)32)26-28(2,3)4/h12-13,18-19,29H,5-11,14-17,20-26H2,1-4H3,(H-,30,31,32)/p+1/b13-12-,19-18-. The molecule has 1 unspecified atom stereocenters. The number of allylic oxidation sites excluding steroid dienone is 4. The Bertz CT molecular complexity index is 565. The summed E-state index contributed by atoms with van der Waals surface area (Å²) < 4.78 is 12.1. The second kappa shape index (κ2) is 18.8. The van der Waals surface area contributed by atoms with Crippen LogP contribution in [0.15, 0.2) is 24.3 Å². The second-order valence-corrected chi connectivity index (χ2v) is 12.6. The van der Waals surface area contributed by atoms with Crippen molar-refractivity contribution < 1.29 is 23.9 Å². The maximum atomic E-state index is 11.8. The number of rotatable bonds is 22. The molecule has 0 saturated carbocycles. The van der Waals surface area contributed by atoms with Gasteiger partial charge in [0.05, 0.1) is 21.1 Å². The fourth-order valence-corrected chi connectivity index (χ4v) is 5.20. The minimum absolute atomic E-state index is 0.0505. The lowest BCUT2D eigenvalue weighted by Crippen LogP contribution is -2.49. The van der Waals surface area contributed by atoms with Crippen molar-refractivity contribution in [3.05, 3.63) is 24.3 Å². The topological polar surface area (TPSA) is 77.8 Å². The molecule has 0 bridgehead atoms. The van der Waals surface area contributed by atoms with Gasteiger partial charge in [-0.25, -0.2) is 0 Å². The van der Waals surface area contributed by atoms with Crippen LogP contribution in [0.4, 0.5) is 0 Å². The van der Waals surface area contributed by atoms with E-state index < -0.39 is 12.9 Å². The summed E-state index contributed by atoms with van der Waals surface area (Å²) in [6, 6.07) is 0. The van der Waals surface area contributed by atoms with Gasteiger partial charge < -0.3 is 19.4 Å². The fraction of sp³-hybridized carbons (Fsp3) is 0.852. The van der Waals surface area contributed by atoms with Crippen molar-refractivity contribution in [1.82, 2.24) is 0 Å². The third kappa shape index (κ3) is 19.5. The first-order valence-corrected chi connectivity index (χ1v) is 15.0. The molecule has 6 heteroatoms. The van der Waals surface area contributed by atoms with E-state index in [1.165, 1.54) is 64.2 Å². The molecule has 0 heterocycles. The summed E-state index contributed by atoms with van der Waals surface area (Å²) in [7, 11) is 0.948. The molecule has 5 nitrogen and oxygen atoms in total. The number of likely N-dealkylation sites (N-methyl/N-ethyl adjacent to an activating group) is 1. The zero-order valence-corrected chi connectivity index (χ0v) is 23.1. The van der Waals surface area contributed by atoms with Gasteiger partial charge in [-0.05, 0) is 64.2 Å². The SMILES string of the molecule is CCCCCCCC/C=C\CCCC/C=C\CCCCCCC(O)(C[N+](C)(C)C)P(=O)(O)O. The van der Waals surface area contributed by atoms with Crippen molar-refractivity contribution in [2.24, 2.45) is 0 Å². The first kappa shape index (κ1) is 32.5. The maximum Gasteiger partial charge on any atom is 0.362 e. The highest BCUT2D eigenvalue weighted by molar-refractivity contribution is 7.53. The Morgan fingerprint density at radius 1 is 0.667 bits per heavy atom. The molecule has 196 valence electrons. The van der Waals surface area contributed by atoms with Crippen molar-refractivity contribution in [2.75, 3.05) is 27.7 Å². The van der Waals surface area contributed by atoms with Crippen LogP contribution in [0.1, 0.15) is 116 Å². The Hall–Kier alpha value is -0.450. The molecule has 0 spiro atoms. The van der Waals surface area contributed by atoms with Crippen molar-refractivity contribution >= 4 is 7.60 Å². The van der Waals surface area contributed by atoms with Crippen LogP contribution in [0.2, 0.25) is 0 Å². The molecule has 0 aromatic heterocycles. The molecule has 0 aliphatic heterocycles. The molecule has 1 atom stereocenters. The largest absolute Gasteiger partial charge is 0.373 e. The molecule has 33 heavy (non-hydrogen) atoms. The Morgan fingerprint density at radius 3 is 1.42 bits per heavy atom.